The molecule has 0 radical (unpaired) electrons. The molecule has 6 heteroatoms. The van der Waals surface area contributed by atoms with Gasteiger partial charge >= 0.3 is 0 Å². The topological polar surface area (TPSA) is 47.3 Å². The Balaban J connectivity index is 1.85. The molecule has 1 aromatic carbocycles. The number of aryl methyl sites for hydroxylation is 1. The Morgan fingerprint density at radius 1 is 1.24 bits per heavy atom. The molecule has 0 bridgehead atoms. The smallest absolute Gasteiger partial charge is 0.194 e. The molecule has 21 heavy (non-hydrogen) atoms. The molecule has 0 unspecified atom stereocenters. The van der Waals surface area contributed by atoms with E-state index in [0.717, 1.165) is 44.0 Å². The van der Waals surface area contributed by atoms with Crippen molar-refractivity contribution in [3.63, 3.8) is 0 Å². The number of nitrogens with one attached hydrogen (secondary N) is 1. The van der Waals surface area contributed by atoms with Crippen LogP contribution in [0.25, 0.3) is 11.3 Å². The molecule has 0 saturated carbocycles. The molecule has 1 heterocycles. The molecular formula is C15H18Cl2N2O2. The number of hydrogen-bond donors (Lipinski definition) is 1. The Morgan fingerprint density at radius 3 is 2.86 bits per heavy atom. The van der Waals surface area contributed by atoms with Gasteiger partial charge in [0, 0.05) is 25.6 Å². The second kappa shape index (κ2) is 8.39. The van der Waals surface area contributed by atoms with Crippen LogP contribution < -0.4 is 5.32 Å². The first-order valence-corrected chi connectivity index (χ1v) is 7.56. The van der Waals surface area contributed by atoms with Gasteiger partial charge in [-0.25, -0.2) is 4.98 Å². The lowest BCUT2D eigenvalue weighted by molar-refractivity contribution is 0.199. The van der Waals surface area contributed by atoms with E-state index in [0.29, 0.717) is 15.8 Å². The van der Waals surface area contributed by atoms with Crippen molar-refractivity contribution < 1.29 is 9.15 Å². The third-order valence-corrected chi connectivity index (χ3v) is 3.72. The Bertz CT molecular complexity index is 573. The minimum Gasteiger partial charge on any atom is -0.441 e. The summed E-state index contributed by atoms with van der Waals surface area (Å²) >= 11 is 11.9. The van der Waals surface area contributed by atoms with Gasteiger partial charge in [0.2, 0.25) is 0 Å². The molecule has 0 amide bonds. The molecule has 0 aliphatic rings. The third kappa shape index (κ3) is 5.00. The van der Waals surface area contributed by atoms with Gasteiger partial charge in [0.1, 0.15) is 0 Å². The molecule has 0 saturated heterocycles. The highest BCUT2D eigenvalue weighted by molar-refractivity contribution is 6.42. The Morgan fingerprint density at radius 2 is 2.10 bits per heavy atom. The zero-order valence-electron chi connectivity index (χ0n) is 11.9. The van der Waals surface area contributed by atoms with Gasteiger partial charge in [0.15, 0.2) is 11.7 Å². The molecule has 0 fully saturated rings. The highest BCUT2D eigenvalue weighted by Crippen LogP contribution is 2.28. The maximum Gasteiger partial charge on any atom is 0.194 e. The monoisotopic (exact) mass is 328 g/mol. The molecule has 0 spiro atoms. The van der Waals surface area contributed by atoms with Crippen LogP contribution >= 0.6 is 23.2 Å². The molecular weight excluding hydrogens is 311 g/mol. The van der Waals surface area contributed by atoms with Crippen LogP contribution in [0.3, 0.4) is 0 Å². The molecule has 0 atom stereocenters. The lowest BCUT2D eigenvalue weighted by Crippen LogP contribution is -2.20. The van der Waals surface area contributed by atoms with Crippen LogP contribution in [0.5, 0.6) is 0 Å². The van der Waals surface area contributed by atoms with Gasteiger partial charge in [-0.2, -0.15) is 0 Å². The summed E-state index contributed by atoms with van der Waals surface area (Å²) in [4.78, 5) is 4.28. The number of benzene rings is 1. The summed E-state index contributed by atoms with van der Waals surface area (Å²) in [6.45, 7) is 2.49. The van der Waals surface area contributed by atoms with Crippen LogP contribution in [0, 0.1) is 0 Å². The minimum absolute atomic E-state index is 0.509. The number of rotatable bonds is 8. The minimum atomic E-state index is 0.509. The summed E-state index contributed by atoms with van der Waals surface area (Å²) in [5, 5.41) is 4.32. The van der Waals surface area contributed by atoms with E-state index in [1.807, 2.05) is 6.07 Å². The average Bonchev–Trinajstić information content (AvgIpc) is 2.94. The number of hydrogen-bond acceptors (Lipinski definition) is 4. The van der Waals surface area contributed by atoms with E-state index in [1.165, 1.54) is 0 Å². The first kappa shape index (κ1) is 16.3. The molecule has 114 valence electrons. The Hall–Kier alpha value is -1.07. The summed E-state index contributed by atoms with van der Waals surface area (Å²) < 4.78 is 10.7. The molecule has 2 aromatic rings. The zero-order chi connectivity index (χ0) is 15.1. The van der Waals surface area contributed by atoms with Crippen molar-refractivity contribution in [3.8, 4) is 11.3 Å². The van der Waals surface area contributed by atoms with Crippen molar-refractivity contribution in [2.45, 2.75) is 12.8 Å². The largest absolute Gasteiger partial charge is 0.441 e. The van der Waals surface area contributed by atoms with Gasteiger partial charge in [0.25, 0.3) is 0 Å². The first-order valence-electron chi connectivity index (χ1n) is 6.80. The van der Waals surface area contributed by atoms with Crippen molar-refractivity contribution in [1.29, 1.82) is 0 Å². The number of nitrogens with zero attached hydrogens (tertiary/aromatic N) is 1. The lowest BCUT2D eigenvalue weighted by atomic mass is 10.2. The van der Waals surface area contributed by atoms with Crippen LogP contribution in [0.15, 0.2) is 28.8 Å². The standard InChI is InChI=1S/C15H18Cl2N2O2/c1-20-8-7-18-6-2-3-15-19-10-14(21-15)11-4-5-12(16)13(17)9-11/h4-5,9-10,18H,2-3,6-8H2,1H3. The second-order valence-corrected chi connectivity index (χ2v) is 5.41. The molecule has 0 aliphatic carbocycles. The van der Waals surface area contributed by atoms with E-state index in [-0.39, 0.29) is 0 Å². The van der Waals surface area contributed by atoms with E-state index in [4.69, 9.17) is 32.4 Å². The van der Waals surface area contributed by atoms with Crippen LogP contribution in [0.4, 0.5) is 0 Å². The van der Waals surface area contributed by atoms with E-state index in [1.54, 1.807) is 25.4 Å². The van der Waals surface area contributed by atoms with Crippen molar-refractivity contribution in [3.05, 3.63) is 40.3 Å². The predicted octanol–water partition coefficient (Wildman–Crippen LogP) is 3.82. The summed E-state index contributed by atoms with van der Waals surface area (Å²) in [6, 6.07) is 5.40. The van der Waals surface area contributed by atoms with Gasteiger partial charge in [-0.15, -0.1) is 0 Å². The number of oxazole rings is 1. The maximum absolute atomic E-state index is 6.00. The predicted molar refractivity (Wildman–Crippen MR) is 85.0 cm³/mol. The van der Waals surface area contributed by atoms with Crippen molar-refractivity contribution in [2.75, 3.05) is 26.8 Å². The zero-order valence-corrected chi connectivity index (χ0v) is 13.4. The van der Waals surface area contributed by atoms with Gasteiger partial charge < -0.3 is 14.5 Å². The molecule has 0 aliphatic heterocycles. The summed E-state index contributed by atoms with van der Waals surface area (Å²) in [7, 11) is 1.69. The number of aromatic nitrogens is 1. The molecule has 2 rings (SSSR count). The van der Waals surface area contributed by atoms with Gasteiger partial charge in [-0.05, 0) is 31.2 Å². The molecule has 1 N–H and O–H groups in total. The highest BCUT2D eigenvalue weighted by Gasteiger charge is 2.08. The fourth-order valence-corrected chi connectivity index (χ4v) is 2.17. The van der Waals surface area contributed by atoms with Gasteiger partial charge in [-0.3, -0.25) is 0 Å². The van der Waals surface area contributed by atoms with Gasteiger partial charge in [0.05, 0.1) is 22.8 Å². The first-order chi connectivity index (χ1) is 10.2. The van der Waals surface area contributed by atoms with Crippen molar-refractivity contribution in [2.24, 2.45) is 0 Å². The third-order valence-electron chi connectivity index (χ3n) is 2.98. The second-order valence-electron chi connectivity index (χ2n) is 4.59. The van der Waals surface area contributed by atoms with Crippen LogP contribution in [-0.4, -0.2) is 31.8 Å². The SMILES string of the molecule is COCCNCCCc1ncc(-c2ccc(Cl)c(Cl)c2)o1. The number of halogens is 2. The van der Waals surface area contributed by atoms with Crippen molar-refractivity contribution >= 4 is 23.2 Å². The van der Waals surface area contributed by atoms with E-state index >= 15 is 0 Å². The molecule has 1 aromatic heterocycles. The summed E-state index contributed by atoms with van der Waals surface area (Å²) in [5.41, 5.74) is 0.876. The average molecular weight is 329 g/mol. The fourth-order valence-electron chi connectivity index (χ4n) is 1.87. The van der Waals surface area contributed by atoms with Crippen LogP contribution in [0.1, 0.15) is 12.3 Å². The maximum atomic E-state index is 6.00. The lowest BCUT2D eigenvalue weighted by Gasteiger charge is -2.02. The Kier molecular flexibility index (Phi) is 6.51. The van der Waals surface area contributed by atoms with Crippen molar-refractivity contribution in [1.82, 2.24) is 10.3 Å². The Labute approximate surface area is 134 Å². The van der Waals surface area contributed by atoms with Crippen LogP contribution in [0.2, 0.25) is 10.0 Å². The number of methoxy groups -OCH3 is 1. The van der Waals surface area contributed by atoms with E-state index < -0.39 is 0 Å². The van der Waals surface area contributed by atoms with E-state index in [2.05, 4.69) is 10.3 Å². The summed E-state index contributed by atoms with van der Waals surface area (Å²) in [5.74, 6) is 1.43. The molecule has 4 nitrogen and oxygen atoms in total. The van der Waals surface area contributed by atoms with Crippen LogP contribution in [-0.2, 0) is 11.2 Å². The number of ether oxygens (including phenoxy) is 1. The van der Waals surface area contributed by atoms with E-state index in [9.17, 15) is 0 Å². The normalized spacial score (nSPS) is 11.0. The fraction of sp³-hybridized carbons (Fsp3) is 0.400. The highest BCUT2D eigenvalue weighted by atomic mass is 35.5. The quantitative estimate of drug-likeness (QED) is 0.748. The van der Waals surface area contributed by atoms with Gasteiger partial charge in [-0.1, -0.05) is 23.2 Å². The summed E-state index contributed by atoms with van der Waals surface area (Å²) in [6.07, 6.45) is 3.47.